The number of nitrogens with one attached hydrogen (secondary N) is 1. The molecule has 0 unspecified atom stereocenters. The average molecular weight is 875 g/mol. The van der Waals surface area contributed by atoms with Crippen molar-refractivity contribution in [2.24, 2.45) is 0 Å². The van der Waals surface area contributed by atoms with E-state index in [2.05, 4.69) is 68.0 Å². The van der Waals surface area contributed by atoms with Gasteiger partial charge in [0, 0.05) is 59.5 Å². The Labute approximate surface area is 367 Å². The van der Waals surface area contributed by atoms with E-state index in [1.165, 1.54) is 24.3 Å². The normalized spacial score (nSPS) is 17.3. The predicted octanol–water partition coefficient (Wildman–Crippen LogP) is 12.7. The Bertz CT molecular complexity index is 2570. The summed E-state index contributed by atoms with van der Waals surface area (Å²) in [4.78, 5) is 39.2. The third kappa shape index (κ3) is 9.61. The van der Waals surface area contributed by atoms with Crippen molar-refractivity contribution in [3.05, 3.63) is 160 Å². The van der Waals surface area contributed by atoms with Crippen LogP contribution in [0.25, 0.3) is 21.7 Å². The Balaban J connectivity index is 0.935. The Morgan fingerprint density at radius 1 is 0.952 bits per heavy atom. The molecule has 4 aromatic carbocycles. The number of allylic oxidation sites excluding steroid dienone is 3. The van der Waals surface area contributed by atoms with Crippen molar-refractivity contribution in [1.82, 2.24) is 14.8 Å². The van der Waals surface area contributed by atoms with Crippen molar-refractivity contribution in [2.45, 2.75) is 58.6 Å². The molecule has 3 heterocycles. The van der Waals surface area contributed by atoms with Gasteiger partial charge in [-0.2, -0.15) is 0 Å². The first-order valence-corrected chi connectivity index (χ1v) is 21.9. The van der Waals surface area contributed by atoms with Gasteiger partial charge in [-0.25, -0.2) is 14.6 Å². The minimum atomic E-state index is -4.79. The van der Waals surface area contributed by atoms with Gasteiger partial charge >= 0.3 is 18.4 Å². The summed E-state index contributed by atoms with van der Waals surface area (Å²) in [6.45, 7) is 9.20. The molecule has 3 aliphatic rings. The lowest BCUT2D eigenvalue weighted by Crippen LogP contribution is -2.43. The average Bonchev–Trinajstić information content (AvgIpc) is 4.02. The lowest BCUT2D eigenvalue weighted by molar-refractivity contribution is -0.274. The number of amides is 4. The summed E-state index contributed by atoms with van der Waals surface area (Å²) in [5, 5.41) is 9.13. The van der Waals surface area contributed by atoms with Gasteiger partial charge < -0.3 is 24.8 Å². The molecule has 4 amide bonds. The van der Waals surface area contributed by atoms with Crippen LogP contribution in [0.3, 0.4) is 0 Å². The number of halogens is 3. The minimum Gasteiger partial charge on any atom is -0.406 e. The van der Waals surface area contributed by atoms with Crippen LogP contribution in [-0.2, 0) is 6.54 Å². The fourth-order valence-electron chi connectivity index (χ4n) is 7.70. The number of nitrogens with zero attached hydrogens (tertiary/aromatic N) is 5. The van der Waals surface area contributed by atoms with Gasteiger partial charge in [0.25, 0.3) is 0 Å². The zero-order valence-electron chi connectivity index (χ0n) is 34.6. The summed E-state index contributed by atoms with van der Waals surface area (Å²) >= 11 is 3.23. The van der Waals surface area contributed by atoms with Crippen LogP contribution in [0.2, 0.25) is 0 Å². The second-order valence-electron chi connectivity index (χ2n) is 16.1. The molecule has 8 rings (SSSR count). The molecule has 0 bridgehead atoms. The summed E-state index contributed by atoms with van der Waals surface area (Å²) in [5.41, 5.74) is 7.86. The van der Waals surface area contributed by atoms with E-state index in [4.69, 9.17) is 0 Å². The van der Waals surface area contributed by atoms with E-state index in [1.54, 1.807) is 39.1 Å². The molecule has 0 radical (unpaired) electrons. The molecule has 14 heteroatoms. The first kappa shape index (κ1) is 42.4. The number of hydrogen-bond acceptors (Lipinski definition) is 7. The van der Waals surface area contributed by atoms with Crippen LogP contribution >= 0.6 is 23.1 Å². The maximum absolute atomic E-state index is 13.8. The molecule has 5 aromatic rings. The highest BCUT2D eigenvalue weighted by Gasteiger charge is 2.44. The smallest absolute Gasteiger partial charge is 0.406 e. The number of thiazole rings is 1. The van der Waals surface area contributed by atoms with E-state index in [0.717, 1.165) is 55.5 Å². The lowest BCUT2D eigenvalue weighted by atomic mass is 9.99. The van der Waals surface area contributed by atoms with Crippen LogP contribution in [-0.4, -0.2) is 57.9 Å². The van der Waals surface area contributed by atoms with Crippen LogP contribution in [0.1, 0.15) is 39.7 Å². The fourth-order valence-corrected chi connectivity index (χ4v) is 9.22. The van der Waals surface area contributed by atoms with E-state index in [9.17, 15) is 22.8 Å². The predicted molar refractivity (Wildman–Crippen MR) is 244 cm³/mol. The monoisotopic (exact) mass is 874 g/mol. The van der Waals surface area contributed by atoms with E-state index < -0.39 is 11.9 Å². The number of alkyl halides is 3. The molecule has 9 nitrogen and oxygen atoms in total. The molecule has 62 heavy (non-hydrogen) atoms. The molecule has 1 saturated heterocycles. The Hall–Kier alpha value is -6.25. The van der Waals surface area contributed by atoms with Crippen LogP contribution in [0.15, 0.2) is 155 Å². The first-order chi connectivity index (χ1) is 29.7. The number of thioether (sulfide) groups is 1. The van der Waals surface area contributed by atoms with Gasteiger partial charge in [0.05, 0.1) is 17.1 Å². The van der Waals surface area contributed by atoms with Crippen LogP contribution in [0, 0.1) is 0 Å². The van der Waals surface area contributed by atoms with E-state index in [0.29, 0.717) is 31.0 Å². The second-order valence-corrected chi connectivity index (χ2v) is 17.8. The fraction of sp³-hybridized carbons (Fsp3) is 0.229. The van der Waals surface area contributed by atoms with Gasteiger partial charge in [-0.1, -0.05) is 72.5 Å². The van der Waals surface area contributed by atoms with Gasteiger partial charge in [-0.05, 0) is 122 Å². The largest absolute Gasteiger partial charge is 0.573 e. The van der Waals surface area contributed by atoms with Crippen molar-refractivity contribution in [3.8, 4) is 27.4 Å². The number of ether oxygens (including phenoxy) is 1. The number of anilines is 3. The maximum atomic E-state index is 13.8. The molecule has 1 aromatic heterocycles. The summed E-state index contributed by atoms with van der Waals surface area (Å²) in [6.07, 6.45) is 6.09. The SMILES string of the molecule is CC(C)N(Cc1cccc(-c2nccs2)c1)C(=O)Nc1ccc(-c2cccc(N3C=CSC3=C3C=C(CN4C(=O)N(c5ccc(OC(F)(F)F)cc5)CC4(C)C)C=CC3)c2)cc1. The zero-order chi connectivity index (χ0) is 43.6. The third-order valence-corrected chi connectivity index (χ3v) is 12.6. The number of benzene rings is 4. The van der Waals surface area contributed by atoms with Gasteiger partial charge in [0.2, 0.25) is 0 Å². The number of hydrogen-bond donors (Lipinski definition) is 1. The Kier molecular flexibility index (Phi) is 12.1. The van der Waals surface area contributed by atoms with Crippen molar-refractivity contribution >= 4 is 52.2 Å². The molecule has 1 N–H and O–H groups in total. The Morgan fingerprint density at radius 2 is 1.71 bits per heavy atom. The Morgan fingerprint density at radius 3 is 2.44 bits per heavy atom. The van der Waals surface area contributed by atoms with E-state index in [1.807, 2.05) is 92.6 Å². The second kappa shape index (κ2) is 17.6. The summed E-state index contributed by atoms with van der Waals surface area (Å²) in [6, 6.07) is 29.3. The highest BCUT2D eigenvalue weighted by Crippen LogP contribution is 2.41. The molecule has 2 aliphatic heterocycles. The van der Waals surface area contributed by atoms with E-state index in [-0.39, 0.29) is 23.9 Å². The van der Waals surface area contributed by atoms with Crippen molar-refractivity contribution in [2.75, 3.05) is 28.2 Å². The van der Waals surface area contributed by atoms with Crippen molar-refractivity contribution in [1.29, 1.82) is 0 Å². The first-order valence-electron chi connectivity index (χ1n) is 20.2. The summed E-state index contributed by atoms with van der Waals surface area (Å²) in [5.74, 6) is -0.338. The quantitative estimate of drug-likeness (QED) is 0.142. The highest BCUT2D eigenvalue weighted by molar-refractivity contribution is 8.06. The summed E-state index contributed by atoms with van der Waals surface area (Å²) in [7, 11) is 0. The molecule has 0 atom stereocenters. The van der Waals surface area contributed by atoms with Gasteiger partial charge in [0.1, 0.15) is 10.8 Å². The number of rotatable bonds is 11. The molecular weight excluding hydrogens is 830 g/mol. The standard InChI is InChI=1S/C48H45F3N6O3S2/c1-32(2)55(29-33-8-5-11-37(26-33)43-52-22-24-61-43)45(58)53-39-16-14-35(15-17-39)36-10-7-13-41(28-36)54-23-25-62-44(54)38-12-6-9-34(27-38)30-57-46(59)56(31-47(57,3)4)40-18-20-42(21-19-40)60-48(49,50)51/h5-11,13-28,32H,12,29-31H2,1-4H3,(H,53,58). The number of aromatic nitrogens is 1. The van der Waals surface area contributed by atoms with Crippen LogP contribution in [0.4, 0.5) is 39.8 Å². The maximum Gasteiger partial charge on any atom is 0.573 e. The lowest BCUT2D eigenvalue weighted by Gasteiger charge is -2.30. The molecule has 0 spiro atoms. The number of carbonyl (C=O) groups is 2. The molecule has 0 saturated carbocycles. The molecule has 1 aliphatic carbocycles. The minimum absolute atomic E-state index is 0.0235. The van der Waals surface area contributed by atoms with Crippen LogP contribution in [0.5, 0.6) is 5.75 Å². The van der Waals surface area contributed by atoms with Gasteiger partial charge in [-0.15, -0.1) is 24.5 Å². The van der Waals surface area contributed by atoms with E-state index >= 15 is 0 Å². The molecular formula is C48H45F3N6O3S2. The molecule has 1 fully saturated rings. The van der Waals surface area contributed by atoms with Crippen molar-refractivity contribution in [3.63, 3.8) is 0 Å². The number of urea groups is 2. The third-order valence-electron chi connectivity index (χ3n) is 10.8. The zero-order valence-corrected chi connectivity index (χ0v) is 36.2. The summed E-state index contributed by atoms with van der Waals surface area (Å²) < 4.78 is 42.2. The van der Waals surface area contributed by atoms with Gasteiger partial charge in [-0.3, -0.25) is 4.90 Å². The topological polar surface area (TPSA) is 81.2 Å². The van der Waals surface area contributed by atoms with Gasteiger partial charge in [0.15, 0.2) is 0 Å². The number of carbonyl (C=O) groups excluding carboxylic acids is 2. The molecule has 318 valence electrons. The van der Waals surface area contributed by atoms with Crippen LogP contribution < -0.4 is 19.9 Å². The highest BCUT2D eigenvalue weighted by atomic mass is 32.2. The van der Waals surface area contributed by atoms with Crippen molar-refractivity contribution < 1.29 is 27.5 Å².